The maximum atomic E-state index is 4.87. The van der Waals surface area contributed by atoms with Crippen molar-refractivity contribution >= 4 is 0 Å². The minimum Gasteiger partial charge on any atom is -0.194 e. The van der Waals surface area contributed by atoms with Crippen molar-refractivity contribution in [2.24, 2.45) is 31.8 Å². The second-order valence-electron chi connectivity index (χ2n) is 10.0. The van der Waals surface area contributed by atoms with Crippen molar-refractivity contribution in [2.75, 3.05) is 13.1 Å². The van der Waals surface area contributed by atoms with E-state index in [0.717, 1.165) is 58.0 Å². The van der Waals surface area contributed by atoms with Crippen LogP contribution in [0, 0.1) is 11.3 Å². The molecule has 0 spiro atoms. The van der Waals surface area contributed by atoms with Gasteiger partial charge in [0.05, 0.1) is 24.2 Å². The molecule has 0 radical (unpaired) electrons. The van der Waals surface area contributed by atoms with Crippen LogP contribution in [0.2, 0.25) is 0 Å². The Kier molecular flexibility index (Phi) is 11.5. The van der Waals surface area contributed by atoms with Gasteiger partial charge in [-0.15, -0.1) is 0 Å². The molecule has 0 aliphatic carbocycles. The second-order valence-corrected chi connectivity index (χ2v) is 10.0. The fourth-order valence-corrected chi connectivity index (χ4v) is 3.56. The van der Waals surface area contributed by atoms with Crippen LogP contribution < -0.4 is 0 Å². The third-order valence-corrected chi connectivity index (χ3v) is 4.87. The van der Waals surface area contributed by atoms with Gasteiger partial charge in [-0.25, -0.2) is 0 Å². The molecule has 26 heavy (non-hydrogen) atoms. The van der Waals surface area contributed by atoms with E-state index in [0.29, 0.717) is 5.92 Å². The zero-order valence-corrected chi connectivity index (χ0v) is 19.2. The van der Waals surface area contributed by atoms with E-state index in [9.17, 15) is 0 Å². The summed E-state index contributed by atoms with van der Waals surface area (Å²) in [5.74, 6) is 0.697. The van der Waals surface area contributed by atoms with Gasteiger partial charge in [0.25, 0.3) is 0 Å². The molecular weight excluding hydrogens is 320 g/mol. The zero-order chi connectivity index (χ0) is 20.3. The van der Waals surface area contributed by atoms with Crippen LogP contribution in [0.25, 0.3) is 0 Å². The van der Waals surface area contributed by atoms with Gasteiger partial charge >= 0.3 is 0 Å². The number of azo groups is 2. The minimum absolute atomic E-state index is 0.0570. The van der Waals surface area contributed by atoms with E-state index in [1.165, 1.54) is 0 Å². The average molecular weight is 367 g/mol. The molecule has 0 N–H and O–H groups in total. The van der Waals surface area contributed by atoms with Gasteiger partial charge < -0.3 is 0 Å². The predicted molar refractivity (Wildman–Crippen MR) is 114 cm³/mol. The molecule has 0 saturated carbocycles. The largest absolute Gasteiger partial charge is 0.194 e. The van der Waals surface area contributed by atoms with Gasteiger partial charge in [-0.05, 0) is 64.2 Å². The van der Waals surface area contributed by atoms with E-state index in [1.807, 2.05) is 0 Å². The van der Waals surface area contributed by atoms with Gasteiger partial charge in [-0.2, -0.15) is 20.5 Å². The maximum Gasteiger partial charge on any atom is 0.0793 e. The Labute approximate surface area is 163 Å². The Hall–Kier alpha value is -0.800. The Morgan fingerprint density at radius 3 is 1.85 bits per heavy atom. The lowest BCUT2D eigenvalue weighted by Gasteiger charge is -2.34. The van der Waals surface area contributed by atoms with Crippen LogP contribution in [0.1, 0.15) is 107 Å². The molecule has 0 aliphatic rings. The first kappa shape index (κ1) is 25.2. The van der Waals surface area contributed by atoms with E-state index < -0.39 is 0 Å². The van der Waals surface area contributed by atoms with Crippen LogP contribution in [-0.4, -0.2) is 24.2 Å². The summed E-state index contributed by atoms with van der Waals surface area (Å²) in [6.07, 6.45) is 7.65. The maximum absolute atomic E-state index is 4.87. The topological polar surface area (TPSA) is 49.4 Å². The molecule has 0 bridgehead atoms. The van der Waals surface area contributed by atoms with Crippen molar-refractivity contribution in [1.82, 2.24) is 0 Å². The standard InChI is InChI=1S/C22H46N4/c1-10-13-21(7,8)25-26-22(9,14-11-2)18-20(5,6)15-17-24-23-16-12-19(3)4/h19H,10-18H2,1-9H3. The molecule has 0 saturated heterocycles. The van der Waals surface area contributed by atoms with Crippen molar-refractivity contribution in [1.29, 1.82) is 0 Å². The molecule has 0 aromatic rings. The van der Waals surface area contributed by atoms with E-state index >= 15 is 0 Å². The summed E-state index contributed by atoms with van der Waals surface area (Å²) < 4.78 is 0. The third-order valence-electron chi connectivity index (χ3n) is 4.87. The first-order chi connectivity index (χ1) is 12.0. The number of rotatable bonds is 14. The number of hydrogen-bond acceptors (Lipinski definition) is 4. The van der Waals surface area contributed by atoms with Crippen LogP contribution in [0.5, 0.6) is 0 Å². The lowest BCUT2D eigenvalue weighted by molar-refractivity contribution is 0.212. The van der Waals surface area contributed by atoms with Gasteiger partial charge in [-0.3, -0.25) is 0 Å². The molecule has 0 rings (SSSR count). The zero-order valence-electron chi connectivity index (χ0n) is 19.2. The molecule has 4 nitrogen and oxygen atoms in total. The van der Waals surface area contributed by atoms with Crippen molar-refractivity contribution in [3.63, 3.8) is 0 Å². The van der Waals surface area contributed by atoms with Gasteiger partial charge in [0.1, 0.15) is 0 Å². The minimum atomic E-state index is -0.0853. The average Bonchev–Trinajstić information content (AvgIpc) is 2.48. The molecule has 0 heterocycles. The monoisotopic (exact) mass is 366 g/mol. The molecule has 0 aromatic heterocycles. The van der Waals surface area contributed by atoms with Crippen molar-refractivity contribution in [3.8, 4) is 0 Å². The van der Waals surface area contributed by atoms with Crippen LogP contribution in [0.4, 0.5) is 0 Å². The Bertz CT molecular complexity index is 424. The summed E-state index contributed by atoms with van der Waals surface area (Å²) >= 11 is 0. The van der Waals surface area contributed by atoms with Crippen LogP contribution in [0.15, 0.2) is 20.5 Å². The highest BCUT2D eigenvalue weighted by Gasteiger charge is 2.32. The highest BCUT2D eigenvalue weighted by atomic mass is 15.2. The summed E-state index contributed by atoms with van der Waals surface area (Å²) in [4.78, 5) is 0. The third kappa shape index (κ3) is 12.5. The van der Waals surface area contributed by atoms with E-state index in [1.54, 1.807) is 0 Å². The van der Waals surface area contributed by atoms with Gasteiger partial charge in [0.2, 0.25) is 0 Å². The highest BCUT2D eigenvalue weighted by molar-refractivity contribution is 4.89. The molecule has 0 aromatic carbocycles. The van der Waals surface area contributed by atoms with Crippen molar-refractivity contribution in [3.05, 3.63) is 0 Å². The van der Waals surface area contributed by atoms with Crippen LogP contribution in [-0.2, 0) is 0 Å². The first-order valence-electron chi connectivity index (χ1n) is 10.7. The smallest absolute Gasteiger partial charge is 0.0793 e. The number of hydrogen-bond donors (Lipinski definition) is 0. The predicted octanol–water partition coefficient (Wildman–Crippen LogP) is 7.88. The second kappa shape index (κ2) is 11.8. The van der Waals surface area contributed by atoms with E-state index in [-0.39, 0.29) is 16.5 Å². The van der Waals surface area contributed by atoms with E-state index in [4.69, 9.17) is 10.2 Å². The lowest BCUT2D eigenvalue weighted by Crippen LogP contribution is -2.31. The molecule has 0 aliphatic heterocycles. The van der Waals surface area contributed by atoms with E-state index in [2.05, 4.69) is 72.5 Å². The van der Waals surface area contributed by atoms with Gasteiger partial charge in [0, 0.05) is 0 Å². The highest BCUT2D eigenvalue weighted by Crippen LogP contribution is 2.37. The molecular formula is C22H46N4. The molecule has 4 heteroatoms. The van der Waals surface area contributed by atoms with Gasteiger partial charge in [0.15, 0.2) is 0 Å². The molecule has 0 amide bonds. The lowest BCUT2D eigenvalue weighted by atomic mass is 9.75. The van der Waals surface area contributed by atoms with Crippen LogP contribution >= 0.6 is 0 Å². The summed E-state index contributed by atoms with van der Waals surface area (Å²) in [7, 11) is 0. The normalized spacial score (nSPS) is 16.1. The first-order valence-corrected chi connectivity index (χ1v) is 10.7. The van der Waals surface area contributed by atoms with Crippen molar-refractivity contribution < 1.29 is 0 Å². The van der Waals surface area contributed by atoms with Gasteiger partial charge in [-0.1, -0.05) is 54.4 Å². The van der Waals surface area contributed by atoms with Crippen LogP contribution in [0.3, 0.4) is 0 Å². The quantitative estimate of drug-likeness (QED) is 0.281. The SMILES string of the molecule is CCCC(C)(C)N=NC(C)(CCC)CC(C)(C)CCN=NCCC(C)C. The molecule has 0 fully saturated rings. The molecule has 154 valence electrons. The summed E-state index contributed by atoms with van der Waals surface area (Å²) in [6.45, 7) is 21.9. The van der Waals surface area contributed by atoms with Crippen molar-refractivity contribution in [2.45, 2.75) is 118 Å². The summed E-state index contributed by atoms with van der Waals surface area (Å²) in [5.41, 5.74) is 0.0471. The fraction of sp³-hybridized carbons (Fsp3) is 1.00. The molecule has 1 unspecified atom stereocenters. The Morgan fingerprint density at radius 1 is 0.731 bits per heavy atom. The molecule has 1 atom stereocenters. The summed E-state index contributed by atoms with van der Waals surface area (Å²) in [6, 6.07) is 0. The number of nitrogens with zero attached hydrogens (tertiary/aromatic N) is 4. The Balaban J connectivity index is 4.76. The summed E-state index contributed by atoms with van der Waals surface area (Å²) in [5, 5.41) is 18.3. The fourth-order valence-electron chi connectivity index (χ4n) is 3.56. The Morgan fingerprint density at radius 2 is 1.31 bits per heavy atom.